The Hall–Kier alpha value is -3.07. The van der Waals surface area contributed by atoms with E-state index >= 15 is 0 Å². The molecule has 0 radical (unpaired) electrons. The molecule has 38 heavy (non-hydrogen) atoms. The van der Waals surface area contributed by atoms with Gasteiger partial charge in [-0.3, -0.25) is 13.9 Å². The second kappa shape index (κ2) is 13.1. The van der Waals surface area contributed by atoms with Crippen molar-refractivity contribution in [3.05, 3.63) is 94.0 Å². The van der Waals surface area contributed by atoms with Crippen molar-refractivity contribution in [2.24, 2.45) is 0 Å². The average molecular weight is 577 g/mol. The van der Waals surface area contributed by atoms with Gasteiger partial charge >= 0.3 is 0 Å². The van der Waals surface area contributed by atoms with Crippen molar-refractivity contribution in [2.45, 2.75) is 44.7 Å². The average Bonchev–Trinajstić information content (AvgIpc) is 2.88. The lowest BCUT2D eigenvalue weighted by Gasteiger charge is -2.33. The number of sulfonamides is 1. The molecule has 0 saturated carbocycles. The molecule has 0 aliphatic carbocycles. The van der Waals surface area contributed by atoms with E-state index in [0.29, 0.717) is 13.0 Å². The molecule has 0 spiro atoms. The summed E-state index contributed by atoms with van der Waals surface area (Å²) in [5.41, 5.74) is 1.94. The van der Waals surface area contributed by atoms with Crippen LogP contribution in [0.2, 0.25) is 10.0 Å². The summed E-state index contributed by atoms with van der Waals surface area (Å²) in [5.74, 6) is -0.845. The zero-order chi connectivity index (χ0) is 27.9. The van der Waals surface area contributed by atoms with Crippen molar-refractivity contribution in [3.63, 3.8) is 0 Å². The van der Waals surface area contributed by atoms with Crippen LogP contribution in [-0.2, 0) is 26.2 Å². The highest BCUT2D eigenvalue weighted by molar-refractivity contribution is 7.92. The predicted octanol–water partition coefficient (Wildman–Crippen LogP) is 5.44. The van der Waals surface area contributed by atoms with E-state index in [9.17, 15) is 18.0 Å². The highest BCUT2D eigenvalue weighted by Gasteiger charge is 2.33. The maximum Gasteiger partial charge on any atom is 0.264 e. The first-order valence-corrected chi connectivity index (χ1v) is 14.4. The van der Waals surface area contributed by atoms with E-state index in [1.165, 1.54) is 35.2 Å². The van der Waals surface area contributed by atoms with Gasteiger partial charge in [-0.05, 0) is 61.7 Å². The van der Waals surface area contributed by atoms with Gasteiger partial charge in [0.1, 0.15) is 12.6 Å². The molecule has 0 heterocycles. The standard InChI is InChI=1S/C28H31Cl2N3O4S/c1-4-26(28(35)31-5-2)32(18-21-12-10-9-11-20(21)3)27(34)19-33(24-16-22(29)15-23(30)17-24)38(36,37)25-13-7-6-8-14-25/h6-17,26H,4-5,18-19H2,1-3H3,(H,31,35)/t26-/m0/s1. The lowest BCUT2D eigenvalue weighted by atomic mass is 10.1. The number of aryl methyl sites for hydroxylation is 1. The number of hydrogen-bond acceptors (Lipinski definition) is 4. The minimum absolute atomic E-state index is 0.00474. The number of nitrogens with zero attached hydrogens (tertiary/aromatic N) is 2. The van der Waals surface area contributed by atoms with Crippen LogP contribution in [-0.4, -0.2) is 44.3 Å². The highest BCUT2D eigenvalue weighted by atomic mass is 35.5. The third kappa shape index (κ3) is 7.07. The van der Waals surface area contributed by atoms with Gasteiger partial charge in [0.15, 0.2) is 0 Å². The summed E-state index contributed by atoms with van der Waals surface area (Å²) in [6, 6.07) is 18.9. The highest BCUT2D eigenvalue weighted by Crippen LogP contribution is 2.30. The molecular weight excluding hydrogens is 545 g/mol. The normalized spacial score (nSPS) is 12.0. The Labute approximate surface area is 234 Å². The Balaban J connectivity index is 2.09. The van der Waals surface area contributed by atoms with E-state index in [2.05, 4.69) is 5.32 Å². The number of anilines is 1. The second-order valence-corrected chi connectivity index (χ2v) is 11.5. The maximum atomic E-state index is 14.0. The van der Waals surface area contributed by atoms with Crippen molar-refractivity contribution in [1.29, 1.82) is 0 Å². The summed E-state index contributed by atoms with van der Waals surface area (Å²) >= 11 is 12.4. The van der Waals surface area contributed by atoms with Gasteiger partial charge in [-0.1, -0.05) is 72.6 Å². The molecule has 3 aromatic carbocycles. The van der Waals surface area contributed by atoms with Crippen LogP contribution in [0.4, 0.5) is 5.69 Å². The van der Waals surface area contributed by atoms with Crippen molar-refractivity contribution in [2.75, 3.05) is 17.4 Å². The topological polar surface area (TPSA) is 86.8 Å². The summed E-state index contributed by atoms with van der Waals surface area (Å²) < 4.78 is 28.6. The summed E-state index contributed by atoms with van der Waals surface area (Å²) in [7, 11) is -4.19. The summed E-state index contributed by atoms with van der Waals surface area (Å²) in [5, 5.41) is 3.23. The number of halogens is 2. The fourth-order valence-corrected chi connectivity index (χ4v) is 6.05. The van der Waals surface area contributed by atoms with Gasteiger partial charge in [-0.25, -0.2) is 8.42 Å². The van der Waals surface area contributed by atoms with Gasteiger partial charge in [0, 0.05) is 23.1 Å². The Bertz CT molecular complexity index is 1360. The summed E-state index contributed by atoms with van der Waals surface area (Å²) in [4.78, 5) is 28.4. The van der Waals surface area contributed by atoms with Crippen LogP contribution in [0.5, 0.6) is 0 Å². The van der Waals surface area contributed by atoms with Crippen molar-refractivity contribution >= 4 is 50.7 Å². The van der Waals surface area contributed by atoms with Crippen molar-refractivity contribution in [1.82, 2.24) is 10.2 Å². The minimum atomic E-state index is -4.19. The fraction of sp³-hybridized carbons (Fsp3) is 0.286. The molecule has 0 saturated heterocycles. The molecule has 3 rings (SSSR count). The first-order chi connectivity index (χ1) is 18.1. The number of carbonyl (C=O) groups excluding carboxylic acids is 2. The number of hydrogen-bond donors (Lipinski definition) is 1. The van der Waals surface area contributed by atoms with Gasteiger partial charge in [0.05, 0.1) is 10.6 Å². The van der Waals surface area contributed by atoms with E-state index in [1.54, 1.807) is 25.1 Å². The number of amides is 2. The number of carbonyl (C=O) groups is 2. The van der Waals surface area contributed by atoms with Gasteiger partial charge in [-0.2, -0.15) is 0 Å². The third-order valence-corrected chi connectivity index (χ3v) is 8.31. The molecule has 0 aromatic heterocycles. The van der Waals surface area contributed by atoms with E-state index in [1.807, 2.05) is 38.1 Å². The second-order valence-electron chi connectivity index (χ2n) is 8.72. The van der Waals surface area contributed by atoms with Crippen LogP contribution >= 0.6 is 23.2 Å². The smallest absolute Gasteiger partial charge is 0.264 e. The summed E-state index contributed by atoms with van der Waals surface area (Å²) in [6.07, 6.45) is 0.345. The monoisotopic (exact) mass is 575 g/mol. The van der Waals surface area contributed by atoms with Gasteiger partial charge < -0.3 is 10.2 Å². The molecule has 0 unspecified atom stereocenters. The summed E-state index contributed by atoms with van der Waals surface area (Å²) in [6.45, 7) is 5.51. The lowest BCUT2D eigenvalue weighted by Crippen LogP contribution is -2.52. The Morgan fingerprint density at radius 3 is 2.11 bits per heavy atom. The van der Waals surface area contributed by atoms with Crippen molar-refractivity contribution in [3.8, 4) is 0 Å². The number of likely N-dealkylation sites (N-methyl/N-ethyl adjacent to an activating group) is 1. The molecule has 1 atom stereocenters. The Morgan fingerprint density at radius 2 is 1.53 bits per heavy atom. The largest absolute Gasteiger partial charge is 0.355 e. The van der Waals surface area contributed by atoms with E-state index in [-0.39, 0.29) is 33.1 Å². The number of benzene rings is 3. The van der Waals surface area contributed by atoms with E-state index in [0.717, 1.165) is 15.4 Å². The molecule has 0 bridgehead atoms. The minimum Gasteiger partial charge on any atom is -0.355 e. The molecule has 0 aliphatic rings. The van der Waals surface area contributed by atoms with Gasteiger partial charge in [0.25, 0.3) is 10.0 Å². The van der Waals surface area contributed by atoms with Crippen LogP contribution < -0.4 is 9.62 Å². The zero-order valence-electron chi connectivity index (χ0n) is 21.5. The molecule has 0 fully saturated rings. The first-order valence-electron chi connectivity index (χ1n) is 12.2. The fourth-order valence-electron chi connectivity index (χ4n) is 4.11. The quantitative estimate of drug-likeness (QED) is 0.330. The molecule has 7 nitrogen and oxygen atoms in total. The molecule has 202 valence electrons. The first kappa shape index (κ1) is 29.5. The predicted molar refractivity (Wildman–Crippen MR) is 152 cm³/mol. The molecular formula is C28H31Cl2N3O4S. The third-order valence-electron chi connectivity index (χ3n) is 6.08. The lowest BCUT2D eigenvalue weighted by molar-refractivity contribution is -0.140. The van der Waals surface area contributed by atoms with Crippen LogP contribution in [0.15, 0.2) is 77.7 Å². The maximum absolute atomic E-state index is 14.0. The number of nitrogens with one attached hydrogen (secondary N) is 1. The van der Waals surface area contributed by atoms with Crippen LogP contribution in [0.1, 0.15) is 31.4 Å². The van der Waals surface area contributed by atoms with E-state index in [4.69, 9.17) is 23.2 Å². The molecule has 1 N–H and O–H groups in total. The SMILES string of the molecule is CCNC(=O)[C@H](CC)N(Cc1ccccc1C)C(=O)CN(c1cc(Cl)cc(Cl)c1)S(=O)(=O)c1ccccc1. The van der Waals surface area contributed by atoms with Crippen molar-refractivity contribution < 1.29 is 18.0 Å². The zero-order valence-corrected chi connectivity index (χ0v) is 23.9. The van der Waals surface area contributed by atoms with Crippen LogP contribution in [0, 0.1) is 6.92 Å². The van der Waals surface area contributed by atoms with Crippen LogP contribution in [0.3, 0.4) is 0 Å². The Morgan fingerprint density at radius 1 is 0.921 bits per heavy atom. The van der Waals surface area contributed by atoms with E-state index < -0.39 is 28.5 Å². The van der Waals surface area contributed by atoms with Crippen LogP contribution in [0.25, 0.3) is 0 Å². The van der Waals surface area contributed by atoms with Gasteiger partial charge in [0.2, 0.25) is 11.8 Å². The molecule has 3 aromatic rings. The molecule has 0 aliphatic heterocycles. The van der Waals surface area contributed by atoms with Gasteiger partial charge in [-0.15, -0.1) is 0 Å². The molecule has 10 heteroatoms. The Kier molecular flexibility index (Phi) is 10.2. The number of rotatable bonds is 11. The molecule has 2 amide bonds.